The first-order valence-electron chi connectivity index (χ1n) is 18.1. The van der Waals surface area contributed by atoms with Crippen LogP contribution in [0.1, 0.15) is 74.5 Å². The Balaban J connectivity index is 1.02. The van der Waals surface area contributed by atoms with Crippen molar-refractivity contribution in [1.29, 1.82) is 0 Å². The van der Waals surface area contributed by atoms with Crippen LogP contribution in [0.5, 0.6) is 0 Å². The van der Waals surface area contributed by atoms with Crippen molar-refractivity contribution in [2.45, 2.75) is 89.6 Å². The second-order valence-electron chi connectivity index (χ2n) is 14.4. The Kier molecular flexibility index (Phi) is 11.6. The first kappa shape index (κ1) is 34.7. The van der Waals surface area contributed by atoms with Gasteiger partial charge in [0.2, 0.25) is 5.91 Å². The van der Waals surface area contributed by atoms with Crippen LogP contribution in [0.25, 0.3) is 0 Å². The summed E-state index contributed by atoms with van der Waals surface area (Å²) in [5.74, 6) is 0.259. The summed E-state index contributed by atoms with van der Waals surface area (Å²) >= 11 is 6.43. The van der Waals surface area contributed by atoms with Crippen LogP contribution in [0.4, 0.5) is 16.2 Å². The number of fused-ring (bicyclic) bond motifs is 1. The number of Topliss-reactive ketones (excluding diaryl/α,β-unsaturated/α-hetero) is 1. The highest BCUT2D eigenvalue weighted by molar-refractivity contribution is 6.33. The van der Waals surface area contributed by atoms with E-state index in [1.807, 2.05) is 47.1 Å². The van der Waals surface area contributed by atoms with Crippen LogP contribution in [-0.2, 0) is 27.2 Å². The molecule has 0 radical (unpaired) electrons. The molecule has 6 rings (SSSR count). The van der Waals surface area contributed by atoms with Crippen LogP contribution in [0, 0.1) is 18.8 Å². The predicted molar refractivity (Wildman–Crippen MR) is 190 cm³/mol. The number of hydrogen-bond donors (Lipinski definition) is 2. The van der Waals surface area contributed by atoms with Crippen molar-refractivity contribution in [2.24, 2.45) is 11.8 Å². The highest BCUT2D eigenvalue weighted by atomic mass is 35.5. The lowest BCUT2D eigenvalue weighted by atomic mass is 9.81. The van der Waals surface area contributed by atoms with Gasteiger partial charge >= 0.3 is 6.03 Å². The van der Waals surface area contributed by atoms with Crippen molar-refractivity contribution in [2.75, 3.05) is 57.0 Å². The Morgan fingerprint density at radius 2 is 1.71 bits per heavy atom. The minimum Gasteiger partial charge on any atom is -0.397 e. The van der Waals surface area contributed by atoms with Crippen molar-refractivity contribution in [3.63, 3.8) is 0 Å². The number of ether oxygens (including phenoxy) is 1. The number of carbonyl (C=O) groups is 3. The molecule has 1 atom stereocenters. The van der Waals surface area contributed by atoms with Crippen LogP contribution >= 0.6 is 11.6 Å². The van der Waals surface area contributed by atoms with Crippen molar-refractivity contribution in [3.8, 4) is 0 Å². The number of hydrogen-bond acceptors (Lipinski definition) is 6. The third-order valence-corrected chi connectivity index (χ3v) is 11.6. The fourth-order valence-electron chi connectivity index (χ4n) is 8.32. The van der Waals surface area contributed by atoms with Crippen LogP contribution < -0.4 is 11.1 Å². The molecule has 0 bridgehead atoms. The van der Waals surface area contributed by atoms with E-state index < -0.39 is 5.92 Å². The summed E-state index contributed by atoms with van der Waals surface area (Å²) in [4.78, 5) is 47.1. The molecule has 4 aliphatic rings. The molecule has 9 nitrogen and oxygen atoms in total. The molecule has 0 unspecified atom stereocenters. The standard InChI is InChI=1S/C38H52ClN5O4/c1-26-22-28(24-34(39)36(26)40)23-30(37(46)43-18-16-42(17-19-43)31-13-20-48-21-14-31)25-33(45)11-8-27-6-9-32(10-7-27)44-15-12-29-4-2-3-5-35(29)41-38(44)47/h2-5,22,24,27,30-32H,6-21,23,25,40H2,1H3,(H,41,47)/t27?,30-,32?/m0/s1. The molecule has 1 saturated carbocycles. The smallest absolute Gasteiger partial charge is 0.322 e. The number of piperazine rings is 1. The van der Waals surface area contributed by atoms with Gasteiger partial charge in [-0.1, -0.05) is 35.9 Å². The number of nitrogens with one attached hydrogen (secondary N) is 1. The third-order valence-electron chi connectivity index (χ3n) is 11.3. The molecule has 1 aliphatic carbocycles. The molecular formula is C38H52ClN5O4. The summed E-state index contributed by atoms with van der Waals surface area (Å²) in [6, 6.07) is 12.7. The van der Waals surface area contributed by atoms with Gasteiger partial charge in [-0.25, -0.2) is 4.79 Å². The summed E-state index contributed by atoms with van der Waals surface area (Å²) in [5.41, 5.74) is 10.6. The van der Waals surface area contributed by atoms with Gasteiger partial charge in [-0.3, -0.25) is 14.5 Å². The Hall–Kier alpha value is -3.14. The average Bonchev–Trinajstić information content (AvgIpc) is 3.27. The quantitative estimate of drug-likeness (QED) is 0.294. The first-order chi connectivity index (χ1) is 23.2. The number of halogens is 1. The zero-order valence-electron chi connectivity index (χ0n) is 28.4. The van der Waals surface area contributed by atoms with Crippen LogP contribution in [0.2, 0.25) is 5.02 Å². The molecule has 2 aromatic carbocycles. The van der Waals surface area contributed by atoms with Crippen molar-refractivity contribution < 1.29 is 19.1 Å². The number of urea groups is 1. The normalized spacial score (nSPS) is 23.2. The largest absolute Gasteiger partial charge is 0.397 e. The monoisotopic (exact) mass is 677 g/mol. The second kappa shape index (κ2) is 16.0. The molecule has 0 aromatic heterocycles. The zero-order chi connectivity index (χ0) is 33.6. The highest BCUT2D eigenvalue weighted by Crippen LogP contribution is 2.33. The van der Waals surface area contributed by atoms with Gasteiger partial charge in [0.1, 0.15) is 5.78 Å². The van der Waals surface area contributed by atoms with Crippen LogP contribution in [-0.4, -0.2) is 90.4 Å². The first-order valence-corrected chi connectivity index (χ1v) is 18.4. The van der Waals surface area contributed by atoms with E-state index in [1.54, 1.807) is 0 Å². The van der Waals surface area contributed by atoms with E-state index in [0.29, 0.717) is 48.6 Å². The van der Waals surface area contributed by atoms with E-state index in [1.165, 1.54) is 5.56 Å². The summed E-state index contributed by atoms with van der Waals surface area (Å²) in [6.07, 6.45) is 8.92. The maximum Gasteiger partial charge on any atom is 0.322 e. The molecule has 0 spiro atoms. The minimum absolute atomic E-state index is 0.00290. The lowest BCUT2D eigenvalue weighted by Crippen LogP contribution is -2.54. The van der Waals surface area contributed by atoms with E-state index in [-0.39, 0.29) is 30.2 Å². The number of benzene rings is 2. The number of carbonyl (C=O) groups excluding carboxylic acids is 3. The maximum atomic E-state index is 14.0. The number of para-hydroxylation sites is 1. The maximum absolute atomic E-state index is 14.0. The number of aryl methyl sites for hydroxylation is 1. The van der Waals surface area contributed by atoms with Gasteiger partial charge in [0.05, 0.1) is 10.7 Å². The van der Waals surface area contributed by atoms with Crippen LogP contribution in [0.15, 0.2) is 36.4 Å². The fraction of sp³-hybridized carbons (Fsp3) is 0.605. The molecule has 3 aliphatic heterocycles. The van der Waals surface area contributed by atoms with Gasteiger partial charge in [0.25, 0.3) is 0 Å². The number of rotatable bonds is 10. The van der Waals surface area contributed by atoms with Crippen molar-refractivity contribution in [1.82, 2.24) is 14.7 Å². The summed E-state index contributed by atoms with van der Waals surface area (Å²) in [6.45, 7) is 7.37. The predicted octanol–water partition coefficient (Wildman–Crippen LogP) is 6.10. The number of anilines is 2. The molecule has 2 aromatic rings. The summed E-state index contributed by atoms with van der Waals surface area (Å²) in [7, 11) is 0. The fourth-order valence-corrected chi connectivity index (χ4v) is 8.61. The molecule has 48 heavy (non-hydrogen) atoms. The molecule has 260 valence electrons. The molecule has 3 amide bonds. The van der Waals surface area contributed by atoms with E-state index in [9.17, 15) is 14.4 Å². The number of nitrogens with zero attached hydrogens (tertiary/aromatic N) is 3. The van der Waals surface area contributed by atoms with Crippen molar-refractivity contribution >= 4 is 40.7 Å². The van der Waals surface area contributed by atoms with Gasteiger partial charge in [-0.05, 0) is 99.5 Å². The van der Waals surface area contributed by atoms with Gasteiger partial charge in [-0.2, -0.15) is 0 Å². The Morgan fingerprint density at radius 3 is 2.44 bits per heavy atom. The lowest BCUT2D eigenvalue weighted by Gasteiger charge is -2.41. The van der Waals surface area contributed by atoms with E-state index in [2.05, 4.69) is 16.3 Å². The Labute approximate surface area is 290 Å². The number of ketones is 1. The van der Waals surface area contributed by atoms with Gasteiger partial charge in [0.15, 0.2) is 0 Å². The summed E-state index contributed by atoms with van der Waals surface area (Å²) in [5, 5.41) is 3.60. The topological polar surface area (TPSA) is 108 Å². The molecule has 3 fully saturated rings. The van der Waals surface area contributed by atoms with Gasteiger partial charge in [-0.15, -0.1) is 0 Å². The van der Waals surface area contributed by atoms with Gasteiger partial charge in [0, 0.05) is 82.5 Å². The van der Waals surface area contributed by atoms with E-state index >= 15 is 0 Å². The lowest BCUT2D eigenvalue weighted by molar-refractivity contribution is -0.140. The minimum atomic E-state index is -0.423. The number of nitrogens with two attached hydrogens (primary N) is 1. The second-order valence-corrected chi connectivity index (χ2v) is 14.8. The Bertz CT molecular complexity index is 1420. The number of amides is 3. The van der Waals surface area contributed by atoms with E-state index in [4.69, 9.17) is 22.1 Å². The zero-order valence-corrected chi connectivity index (χ0v) is 29.2. The molecule has 3 N–H and O–H groups in total. The molecule has 10 heteroatoms. The third kappa shape index (κ3) is 8.52. The SMILES string of the molecule is Cc1cc(C[C@@H](CC(=O)CCC2CCC(N3CCc4ccccc4NC3=O)CC2)C(=O)N2CCN(C3CCOCC3)CC2)cc(Cl)c1N. The molecule has 3 heterocycles. The van der Waals surface area contributed by atoms with Gasteiger partial charge < -0.3 is 25.6 Å². The average molecular weight is 678 g/mol. The highest BCUT2D eigenvalue weighted by Gasteiger charge is 2.33. The molecular weight excluding hydrogens is 626 g/mol. The van der Waals surface area contributed by atoms with Crippen LogP contribution in [0.3, 0.4) is 0 Å². The van der Waals surface area contributed by atoms with E-state index in [0.717, 1.165) is 101 Å². The summed E-state index contributed by atoms with van der Waals surface area (Å²) < 4.78 is 5.55. The number of nitrogen functional groups attached to an aromatic ring is 1. The van der Waals surface area contributed by atoms with Crippen molar-refractivity contribution in [3.05, 3.63) is 58.1 Å². The Morgan fingerprint density at radius 1 is 0.979 bits per heavy atom. The molecule has 2 saturated heterocycles.